The standard InChI is InChI=1S/C13H8ClNO6S/c14-7-3-9-8(20-5-21-9)1-6(7)2-10-12(18)15(4-11(16)17)13(19)22-10/h1-3H,4-5H2,(H,16,17)/b10-2+. The Morgan fingerprint density at radius 2 is 2.05 bits per heavy atom. The highest BCUT2D eigenvalue weighted by Gasteiger charge is 2.36. The Morgan fingerprint density at radius 1 is 1.36 bits per heavy atom. The highest BCUT2D eigenvalue weighted by Crippen LogP contribution is 2.39. The Hall–Kier alpha value is -2.19. The Labute approximate surface area is 133 Å². The summed E-state index contributed by atoms with van der Waals surface area (Å²) >= 11 is 6.76. The van der Waals surface area contributed by atoms with Crippen molar-refractivity contribution in [3.05, 3.63) is 27.6 Å². The van der Waals surface area contributed by atoms with Crippen LogP contribution in [0.2, 0.25) is 5.02 Å². The third kappa shape index (κ3) is 2.62. The van der Waals surface area contributed by atoms with Crippen molar-refractivity contribution < 1.29 is 29.0 Å². The Morgan fingerprint density at radius 3 is 2.73 bits per heavy atom. The van der Waals surface area contributed by atoms with Crippen molar-refractivity contribution in [3.63, 3.8) is 0 Å². The first-order valence-corrected chi connectivity index (χ1v) is 7.21. The van der Waals surface area contributed by atoms with Gasteiger partial charge in [-0.1, -0.05) is 11.6 Å². The molecule has 3 rings (SSSR count). The van der Waals surface area contributed by atoms with Gasteiger partial charge in [0.25, 0.3) is 11.1 Å². The van der Waals surface area contributed by atoms with E-state index in [1.54, 1.807) is 12.1 Å². The van der Waals surface area contributed by atoms with Crippen LogP contribution < -0.4 is 9.47 Å². The van der Waals surface area contributed by atoms with Crippen LogP contribution in [-0.2, 0) is 9.59 Å². The number of nitrogens with zero attached hydrogens (tertiary/aromatic N) is 1. The second-order valence-electron chi connectivity index (χ2n) is 4.39. The molecule has 0 atom stereocenters. The number of imide groups is 1. The summed E-state index contributed by atoms with van der Waals surface area (Å²) in [5, 5.41) is 8.41. The molecule has 1 saturated heterocycles. The number of fused-ring (bicyclic) bond motifs is 1. The van der Waals surface area contributed by atoms with Crippen molar-refractivity contribution in [1.82, 2.24) is 4.90 Å². The highest BCUT2D eigenvalue weighted by molar-refractivity contribution is 8.18. The first-order chi connectivity index (χ1) is 10.5. The molecule has 2 aliphatic rings. The van der Waals surface area contributed by atoms with Gasteiger partial charge in [-0.15, -0.1) is 0 Å². The zero-order chi connectivity index (χ0) is 15.9. The Bertz CT molecular complexity index is 731. The quantitative estimate of drug-likeness (QED) is 0.842. The molecule has 0 aliphatic carbocycles. The fraction of sp³-hybridized carbons (Fsp3) is 0.154. The number of halogens is 1. The number of aliphatic carboxylic acids is 1. The summed E-state index contributed by atoms with van der Waals surface area (Å²) in [4.78, 5) is 35.2. The zero-order valence-electron chi connectivity index (χ0n) is 10.9. The van der Waals surface area contributed by atoms with Gasteiger partial charge in [-0.3, -0.25) is 19.3 Å². The summed E-state index contributed by atoms with van der Waals surface area (Å²) < 4.78 is 10.4. The van der Waals surface area contributed by atoms with E-state index in [1.807, 2.05) is 0 Å². The van der Waals surface area contributed by atoms with Crippen LogP contribution >= 0.6 is 23.4 Å². The van der Waals surface area contributed by atoms with Crippen LogP contribution in [0.15, 0.2) is 17.0 Å². The van der Waals surface area contributed by atoms with Gasteiger partial charge < -0.3 is 14.6 Å². The minimum absolute atomic E-state index is 0.0875. The SMILES string of the molecule is O=C(O)CN1C(=O)S/C(=C/c2cc3c(cc2Cl)OCO3)C1=O. The number of carboxylic acids is 1. The molecule has 0 bridgehead atoms. The van der Waals surface area contributed by atoms with Gasteiger partial charge in [-0.25, -0.2) is 0 Å². The second kappa shape index (κ2) is 5.54. The van der Waals surface area contributed by atoms with Crippen LogP contribution in [0.5, 0.6) is 11.5 Å². The molecule has 7 nitrogen and oxygen atoms in total. The van der Waals surface area contributed by atoms with Gasteiger partial charge in [-0.2, -0.15) is 0 Å². The molecule has 1 N–H and O–H groups in total. The lowest BCUT2D eigenvalue weighted by Crippen LogP contribution is -2.33. The van der Waals surface area contributed by atoms with Crippen molar-refractivity contribution in [2.45, 2.75) is 0 Å². The highest BCUT2D eigenvalue weighted by atomic mass is 35.5. The molecule has 0 spiro atoms. The number of carboxylic acid groups (broad SMARTS) is 1. The fourth-order valence-corrected chi connectivity index (χ4v) is 2.99. The summed E-state index contributed by atoms with van der Waals surface area (Å²) in [6.07, 6.45) is 1.43. The molecular weight excluding hydrogens is 334 g/mol. The van der Waals surface area contributed by atoms with Crippen molar-refractivity contribution in [1.29, 1.82) is 0 Å². The third-order valence-corrected chi connectivity index (χ3v) is 4.18. The topological polar surface area (TPSA) is 93.1 Å². The van der Waals surface area contributed by atoms with Gasteiger partial charge in [0.2, 0.25) is 6.79 Å². The number of thioether (sulfide) groups is 1. The average Bonchev–Trinajstić information content (AvgIpc) is 2.99. The normalized spacial score (nSPS) is 18.4. The molecule has 1 fully saturated rings. The maximum atomic E-state index is 12.1. The van der Waals surface area contributed by atoms with Crippen molar-refractivity contribution in [2.75, 3.05) is 13.3 Å². The molecular formula is C13H8ClNO6S. The number of hydrogen-bond acceptors (Lipinski definition) is 6. The summed E-state index contributed by atoms with van der Waals surface area (Å²) in [6.45, 7) is -0.582. The summed E-state index contributed by atoms with van der Waals surface area (Å²) in [5.41, 5.74) is 0.478. The fourth-order valence-electron chi connectivity index (χ4n) is 1.96. The number of ether oxygens (including phenoxy) is 2. The van der Waals surface area contributed by atoms with E-state index in [0.29, 0.717) is 38.7 Å². The lowest BCUT2D eigenvalue weighted by Gasteiger charge is -2.07. The number of hydrogen-bond donors (Lipinski definition) is 1. The van der Waals surface area contributed by atoms with Gasteiger partial charge >= 0.3 is 5.97 Å². The van der Waals surface area contributed by atoms with Crippen LogP contribution in [-0.4, -0.2) is 40.5 Å². The minimum Gasteiger partial charge on any atom is -0.480 e. The molecule has 0 saturated carbocycles. The van der Waals surface area contributed by atoms with Crippen molar-refractivity contribution in [3.8, 4) is 11.5 Å². The molecule has 1 aromatic carbocycles. The van der Waals surface area contributed by atoms with E-state index in [9.17, 15) is 14.4 Å². The van der Waals surface area contributed by atoms with Gasteiger partial charge in [0.1, 0.15) is 6.54 Å². The van der Waals surface area contributed by atoms with Crippen LogP contribution in [0.4, 0.5) is 4.79 Å². The number of benzene rings is 1. The summed E-state index contributed by atoms with van der Waals surface area (Å²) in [6, 6.07) is 3.15. The molecule has 1 aromatic rings. The molecule has 0 radical (unpaired) electrons. The molecule has 2 aliphatic heterocycles. The lowest BCUT2D eigenvalue weighted by atomic mass is 10.2. The molecule has 2 heterocycles. The van der Waals surface area contributed by atoms with Gasteiger partial charge in [0.15, 0.2) is 11.5 Å². The van der Waals surface area contributed by atoms with E-state index in [1.165, 1.54) is 6.08 Å². The smallest absolute Gasteiger partial charge is 0.323 e. The third-order valence-electron chi connectivity index (χ3n) is 2.95. The Balaban J connectivity index is 1.91. The molecule has 0 unspecified atom stereocenters. The zero-order valence-corrected chi connectivity index (χ0v) is 12.4. The molecule has 114 valence electrons. The second-order valence-corrected chi connectivity index (χ2v) is 5.79. The molecule has 9 heteroatoms. The van der Waals surface area contributed by atoms with Crippen LogP contribution in [0, 0.1) is 0 Å². The van der Waals surface area contributed by atoms with E-state index in [-0.39, 0.29) is 11.7 Å². The van der Waals surface area contributed by atoms with Gasteiger partial charge in [0, 0.05) is 6.07 Å². The molecule has 22 heavy (non-hydrogen) atoms. The van der Waals surface area contributed by atoms with E-state index in [0.717, 1.165) is 0 Å². The number of carbonyl (C=O) groups excluding carboxylic acids is 2. The minimum atomic E-state index is -1.26. The van der Waals surface area contributed by atoms with Gasteiger partial charge in [0.05, 0.1) is 9.93 Å². The maximum Gasteiger partial charge on any atom is 0.323 e. The Kier molecular flexibility index (Phi) is 3.71. The number of amides is 2. The lowest BCUT2D eigenvalue weighted by molar-refractivity contribution is -0.140. The summed E-state index contributed by atoms with van der Waals surface area (Å²) in [5.74, 6) is -0.933. The van der Waals surface area contributed by atoms with E-state index < -0.39 is 23.7 Å². The van der Waals surface area contributed by atoms with Crippen LogP contribution in [0.1, 0.15) is 5.56 Å². The largest absolute Gasteiger partial charge is 0.480 e. The van der Waals surface area contributed by atoms with Crippen LogP contribution in [0.3, 0.4) is 0 Å². The number of carbonyl (C=O) groups is 3. The van der Waals surface area contributed by atoms with Crippen molar-refractivity contribution >= 4 is 46.6 Å². The van der Waals surface area contributed by atoms with Crippen LogP contribution in [0.25, 0.3) is 6.08 Å². The van der Waals surface area contributed by atoms with E-state index in [2.05, 4.69) is 0 Å². The van der Waals surface area contributed by atoms with Gasteiger partial charge in [-0.05, 0) is 29.5 Å². The average molecular weight is 342 g/mol. The summed E-state index contributed by atoms with van der Waals surface area (Å²) in [7, 11) is 0. The predicted molar refractivity (Wildman–Crippen MR) is 77.9 cm³/mol. The molecule has 0 aromatic heterocycles. The molecule has 2 amide bonds. The first-order valence-electron chi connectivity index (χ1n) is 6.02. The predicted octanol–water partition coefficient (Wildman–Crippen LogP) is 2.19. The van der Waals surface area contributed by atoms with E-state index in [4.69, 9.17) is 26.2 Å². The van der Waals surface area contributed by atoms with Crippen molar-refractivity contribution in [2.24, 2.45) is 0 Å². The first kappa shape index (κ1) is 14.7. The number of rotatable bonds is 3. The monoisotopic (exact) mass is 341 g/mol. The van der Waals surface area contributed by atoms with E-state index >= 15 is 0 Å². The maximum absolute atomic E-state index is 12.1.